The van der Waals surface area contributed by atoms with Crippen molar-refractivity contribution in [3.05, 3.63) is 145 Å². The van der Waals surface area contributed by atoms with Gasteiger partial charge in [-0.15, -0.1) is 0 Å². The predicted molar refractivity (Wildman–Crippen MR) is 200 cm³/mol. The summed E-state index contributed by atoms with van der Waals surface area (Å²) >= 11 is 0. The Hall–Kier alpha value is -7.46. The average molecular weight is 673 g/mol. The summed E-state index contributed by atoms with van der Waals surface area (Å²) in [5.74, 6) is 2.20. The lowest BCUT2D eigenvalue weighted by Crippen LogP contribution is -2.10. The summed E-state index contributed by atoms with van der Waals surface area (Å²) in [5, 5.41) is 3.82. The van der Waals surface area contributed by atoms with Crippen molar-refractivity contribution in [1.82, 2.24) is 39.9 Å². The number of aromatic nitrogens is 8. The molecule has 11 rings (SSSR count). The molecule has 0 atom stereocenters. The van der Waals surface area contributed by atoms with E-state index < -0.39 is 0 Å². The van der Waals surface area contributed by atoms with Gasteiger partial charge in [0.1, 0.15) is 22.6 Å². The molecule has 0 spiro atoms. The van der Waals surface area contributed by atoms with Crippen molar-refractivity contribution in [2.75, 3.05) is 0 Å². The molecule has 2 aliphatic heterocycles. The minimum atomic E-state index is -0.0924. The quantitative estimate of drug-likeness (QED) is 0.163. The smallest absolute Gasteiger partial charge is 0.186 e. The van der Waals surface area contributed by atoms with Crippen LogP contribution in [0.5, 0.6) is 0 Å². The number of hydrogen-bond donors (Lipinski definition) is 2. The third-order valence-electron chi connectivity index (χ3n) is 9.30. The van der Waals surface area contributed by atoms with E-state index >= 15 is 0 Å². The number of H-pyrrole nitrogens is 2. The van der Waals surface area contributed by atoms with Crippen LogP contribution in [0.25, 0.3) is 89.7 Å². The SMILES string of the molecule is O=C1C=CC(=O)c2ccccc21.c1ccc2c(c1)-c1nc-2nc2[nH]c(nc3nc(nc4[nH]c(n1)c1ccccc41)-c1ccccc1-3)c1ccccc21. The molecule has 0 amide bonds. The maximum Gasteiger partial charge on any atom is 0.186 e. The fraction of sp³-hybridized carbons (Fsp3) is 0. The molecule has 0 unspecified atom stereocenters. The van der Waals surface area contributed by atoms with E-state index in [9.17, 15) is 9.59 Å². The molecule has 2 N–H and O–H groups in total. The molecular weight excluding hydrogens is 649 g/mol. The lowest BCUT2D eigenvalue weighted by molar-refractivity contribution is 0.0994. The molecule has 52 heavy (non-hydrogen) atoms. The largest absolute Gasteiger partial charge is 0.324 e. The van der Waals surface area contributed by atoms with Crippen molar-refractivity contribution in [3.8, 4) is 45.6 Å². The summed E-state index contributed by atoms with van der Waals surface area (Å²) in [6.07, 6.45) is 2.62. The third-order valence-corrected chi connectivity index (χ3v) is 9.30. The lowest BCUT2D eigenvalue weighted by Gasteiger charge is -2.06. The Labute approximate surface area is 294 Å². The Kier molecular flexibility index (Phi) is 6.55. The number of aromatic amines is 2. The summed E-state index contributed by atoms with van der Waals surface area (Å²) in [5.41, 5.74) is 7.46. The van der Waals surface area contributed by atoms with Gasteiger partial charge in [0.25, 0.3) is 0 Å². The number of nitrogens with one attached hydrogen (secondary N) is 2. The first kappa shape index (κ1) is 29.5. The molecule has 8 bridgehead atoms. The maximum atomic E-state index is 11.2. The fourth-order valence-corrected chi connectivity index (χ4v) is 6.83. The number of hydrogen-bond acceptors (Lipinski definition) is 8. The second kappa shape index (κ2) is 11.6. The summed E-state index contributed by atoms with van der Waals surface area (Å²) in [6.45, 7) is 0. The van der Waals surface area contributed by atoms with Crippen molar-refractivity contribution in [1.29, 1.82) is 0 Å². The molecule has 0 radical (unpaired) electrons. The van der Waals surface area contributed by atoms with E-state index in [2.05, 4.69) is 9.97 Å². The summed E-state index contributed by atoms with van der Waals surface area (Å²) in [7, 11) is 0. The zero-order chi connectivity index (χ0) is 34.8. The van der Waals surface area contributed by atoms with E-state index in [0.29, 0.717) is 57.0 Å². The highest BCUT2D eigenvalue weighted by atomic mass is 16.1. The first-order valence-electron chi connectivity index (χ1n) is 16.6. The first-order chi connectivity index (χ1) is 25.6. The average Bonchev–Trinajstić information content (AvgIpc) is 3.93. The molecule has 0 saturated heterocycles. The highest BCUT2D eigenvalue weighted by Crippen LogP contribution is 2.36. The van der Waals surface area contributed by atoms with Gasteiger partial charge in [0, 0.05) is 54.9 Å². The number of rotatable bonds is 0. The summed E-state index contributed by atoms with van der Waals surface area (Å²) in [6, 6.07) is 39.1. The molecule has 10 heteroatoms. The van der Waals surface area contributed by atoms with Crippen LogP contribution in [0.3, 0.4) is 0 Å². The van der Waals surface area contributed by atoms with Gasteiger partial charge in [-0.05, 0) is 12.2 Å². The molecule has 244 valence electrons. The van der Waals surface area contributed by atoms with Gasteiger partial charge in [0.05, 0.1) is 0 Å². The number of nitrogens with zero attached hydrogens (tertiary/aromatic N) is 6. The first-order valence-corrected chi connectivity index (χ1v) is 16.6. The van der Waals surface area contributed by atoms with Gasteiger partial charge in [-0.3, -0.25) is 9.59 Å². The normalized spacial score (nSPS) is 12.6. The van der Waals surface area contributed by atoms with Crippen molar-refractivity contribution >= 4 is 55.7 Å². The van der Waals surface area contributed by atoms with E-state index in [0.717, 1.165) is 43.8 Å². The molecular formula is C42H24N8O2. The van der Waals surface area contributed by atoms with Crippen molar-refractivity contribution in [2.24, 2.45) is 0 Å². The van der Waals surface area contributed by atoms with Crippen molar-refractivity contribution in [3.63, 3.8) is 0 Å². The number of carbonyl (C=O) groups excluding carboxylic acids is 2. The van der Waals surface area contributed by atoms with Gasteiger partial charge in [-0.25, -0.2) is 29.9 Å². The van der Waals surface area contributed by atoms with Crippen LogP contribution in [0, 0.1) is 0 Å². The van der Waals surface area contributed by atoms with Crippen LogP contribution in [0.15, 0.2) is 133 Å². The van der Waals surface area contributed by atoms with Crippen LogP contribution in [0.4, 0.5) is 0 Å². The molecule has 3 aliphatic rings. The van der Waals surface area contributed by atoms with Gasteiger partial charge < -0.3 is 9.97 Å². The standard InChI is InChI=1S/C32H18N8.C10H6O2/c1-2-10-18-17(9-1)25-33-26(18)38-28-21-13-5-6-14-22(21)30(35-28)40-32-24-16-8-7-15-23(24)31(36-32)39-29-20-12-4-3-11-19(20)27(34-29)37-25;11-9-5-6-10(12)8-4-2-1-3-7(8)9/h1-16H,(H2,33,34,35,36,37,38,39,40);1-6H. The summed E-state index contributed by atoms with van der Waals surface area (Å²) < 4.78 is 0. The second-order valence-electron chi connectivity index (χ2n) is 12.4. The van der Waals surface area contributed by atoms with Crippen LogP contribution in [0.2, 0.25) is 0 Å². The van der Waals surface area contributed by atoms with Crippen LogP contribution >= 0.6 is 0 Å². The topological polar surface area (TPSA) is 143 Å². The van der Waals surface area contributed by atoms with Crippen LogP contribution in [-0.4, -0.2) is 51.4 Å². The Balaban J connectivity index is 0.000000240. The third kappa shape index (κ3) is 4.73. The fourth-order valence-electron chi connectivity index (χ4n) is 6.83. The van der Waals surface area contributed by atoms with Gasteiger partial charge in [-0.1, -0.05) is 121 Å². The lowest BCUT2D eigenvalue weighted by atomic mass is 9.95. The molecule has 5 heterocycles. The molecule has 5 aromatic carbocycles. The van der Waals surface area contributed by atoms with Crippen LogP contribution in [0.1, 0.15) is 20.7 Å². The van der Waals surface area contributed by atoms with Gasteiger partial charge in [-0.2, -0.15) is 0 Å². The number of benzene rings is 5. The second-order valence-corrected chi connectivity index (χ2v) is 12.4. The number of allylic oxidation sites excluding steroid dienone is 2. The minimum Gasteiger partial charge on any atom is -0.324 e. The van der Waals surface area contributed by atoms with E-state index in [4.69, 9.17) is 29.9 Å². The Bertz CT molecular complexity index is 2670. The molecule has 0 saturated carbocycles. The van der Waals surface area contributed by atoms with Crippen LogP contribution < -0.4 is 0 Å². The highest BCUT2D eigenvalue weighted by molar-refractivity contribution is 6.22. The van der Waals surface area contributed by atoms with Crippen LogP contribution in [-0.2, 0) is 0 Å². The summed E-state index contributed by atoms with van der Waals surface area (Å²) in [4.78, 5) is 59.2. The van der Waals surface area contributed by atoms with Gasteiger partial charge >= 0.3 is 0 Å². The number of ketones is 2. The van der Waals surface area contributed by atoms with Gasteiger partial charge in [0.15, 0.2) is 34.9 Å². The van der Waals surface area contributed by atoms with E-state index in [1.54, 1.807) is 24.3 Å². The molecule has 8 aromatic rings. The van der Waals surface area contributed by atoms with Crippen molar-refractivity contribution in [2.45, 2.75) is 0 Å². The van der Waals surface area contributed by atoms with E-state index in [1.165, 1.54) is 12.2 Å². The van der Waals surface area contributed by atoms with E-state index in [1.807, 2.05) is 97.1 Å². The van der Waals surface area contributed by atoms with Crippen molar-refractivity contribution < 1.29 is 9.59 Å². The maximum absolute atomic E-state index is 11.2. The Morgan fingerprint density at radius 1 is 0.308 bits per heavy atom. The number of carbonyl (C=O) groups is 2. The highest BCUT2D eigenvalue weighted by Gasteiger charge is 2.22. The molecule has 10 nitrogen and oxygen atoms in total. The Morgan fingerprint density at radius 2 is 0.558 bits per heavy atom. The molecule has 3 aromatic heterocycles. The number of fused-ring (bicyclic) bond motifs is 21. The minimum absolute atomic E-state index is 0.0924. The zero-order valence-corrected chi connectivity index (χ0v) is 27.2. The Morgan fingerprint density at radius 3 is 0.846 bits per heavy atom. The molecule has 0 fully saturated rings. The van der Waals surface area contributed by atoms with Gasteiger partial charge in [0.2, 0.25) is 0 Å². The molecule has 1 aliphatic carbocycles. The predicted octanol–water partition coefficient (Wildman–Crippen LogP) is 8.49. The zero-order valence-electron chi connectivity index (χ0n) is 27.2. The van der Waals surface area contributed by atoms with E-state index in [-0.39, 0.29) is 11.6 Å². The monoisotopic (exact) mass is 672 g/mol.